The lowest BCUT2D eigenvalue weighted by molar-refractivity contribution is -0.146. The Morgan fingerprint density at radius 1 is 1.47 bits per heavy atom. The van der Waals surface area contributed by atoms with E-state index in [0.29, 0.717) is 19.5 Å². The number of carbonyl (C=O) groups excluding carboxylic acids is 1. The van der Waals surface area contributed by atoms with E-state index >= 15 is 0 Å². The van der Waals surface area contributed by atoms with Crippen LogP contribution in [0.2, 0.25) is 0 Å². The number of rotatable bonds is 1. The van der Waals surface area contributed by atoms with Gasteiger partial charge in [-0.2, -0.15) is 0 Å². The summed E-state index contributed by atoms with van der Waals surface area (Å²) in [7, 11) is 1.32. The number of carbonyl (C=O) groups is 2. The van der Waals surface area contributed by atoms with E-state index in [9.17, 15) is 9.18 Å². The number of carboxylic acid groups (broad SMARTS) is 1. The average Bonchev–Trinajstić information content (AvgIpc) is 2.16. The van der Waals surface area contributed by atoms with E-state index in [0.717, 1.165) is 6.92 Å². The number of piperidine rings is 1. The predicted molar refractivity (Wildman–Crippen MR) is 51.2 cm³/mol. The maximum absolute atomic E-state index is 12.7. The Balaban J connectivity index is 0.000000423. The molecule has 1 heterocycles. The number of nitrogens with one attached hydrogen (secondary N) is 1. The zero-order valence-corrected chi connectivity index (χ0v) is 8.83. The lowest BCUT2D eigenvalue weighted by atomic mass is 9.99. The van der Waals surface area contributed by atoms with Crippen LogP contribution in [0.3, 0.4) is 0 Å². The fraction of sp³-hybridized carbons (Fsp3) is 0.778. The minimum Gasteiger partial charge on any atom is -0.481 e. The molecular weight excluding hydrogens is 205 g/mol. The number of ether oxygens (including phenoxy) is 1. The Morgan fingerprint density at radius 2 is 2.00 bits per heavy atom. The number of carboxylic acids is 1. The van der Waals surface area contributed by atoms with Gasteiger partial charge in [0.15, 0.2) is 0 Å². The second-order valence-corrected chi connectivity index (χ2v) is 3.23. The summed E-state index contributed by atoms with van der Waals surface area (Å²) >= 11 is 0. The number of aliphatic carboxylic acids is 1. The molecular formula is C9H16FNO4. The molecule has 1 aliphatic rings. The van der Waals surface area contributed by atoms with Crippen LogP contribution in [0, 0.1) is 5.92 Å². The Kier molecular flexibility index (Phi) is 6.61. The fourth-order valence-corrected chi connectivity index (χ4v) is 1.24. The third-order valence-corrected chi connectivity index (χ3v) is 1.83. The molecule has 5 nitrogen and oxygen atoms in total. The number of hydrogen-bond acceptors (Lipinski definition) is 4. The van der Waals surface area contributed by atoms with E-state index in [1.807, 2.05) is 0 Å². The molecule has 2 N–H and O–H groups in total. The first kappa shape index (κ1) is 13.8. The molecule has 88 valence electrons. The average molecular weight is 221 g/mol. The van der Waals surface area contributed by atoms with E-state index in [1.54, 1.807) is 0 Å². The molecule has 2 atom stereocenters. The van der Waals surface area contributed by atoms with Gasteiger partial charge in [0.2, 0.25) is 0 Å². The molecule has 1 fully saturated rings. The summed E-state index contributed by atoms with van der Waals surface area (Å²) in [6.45, 7) is 1.97. The topological polar surface area (TPSA) is 75.6 Å². The van der Waals surface area contributed by atoms with Crippen LogP contribution in [-0.4, -0.2) is 43.4 Å². The fourth-order valence-electron chi connectivity index (χ4n) is 1.24. The van der Waals surface area contributed by atoms with Gasteiger partial charge in [0.1, 0.15) is 6.17 Å². The van der Waals surface area contributed by atoms with Gasteiger partial charge in [0, 0.05) is 20.0 Å². The molecule has 0 spiro atoms. The van der Waals surface area contributed by atoms with Crippen molar-refractivity contribution in [1.29, 1.82) is 0 Å². The summed E-state index contributed by atoms with van der Waals surface area (Å²) in [4.78, 5) is 19.9. The van der Waals surface area contributed by atoms with Crippen LogP contribution in [0.15, 0.2) is 0 Å². The molecule has 0 aromatic heterocycles. The Labute approximate surface area is 87.6 Å². The van der Waals surface area contributed by atoms with Gasteiger partial charge in [0.25, 0.3) is 5.97 Å². The van der Waals surface area contributed by atoms with Crippen molar-refractivity contribution in [3.8, 4) is 0 Å². The normalized spacial score (nSPS) is 24.7. The molecule has 2 unspecified atom stereocenters. The number of hydrogen-bond donors (Lipinski definition) is 2. The maximum atomic E-state index is 12.7. The molecule has 15 heavy (non-hydrogen) atoms. The second kappa shape index (κ2) is 7.17. The molecule has 0 aromatic rings. The van der Waals surface area contributed by atoms with E-state index in [4.69, 9.17) is 9.90 Å². The SMILES string of the molecule is CC(=O)O.COC(=O)C1CNCC(F)C1. The van der Waals surface area contributed by atoms with Crippen LogP contribution in [0.25, 0.3) is 0 Å². The van der Waals surface area contributed by atoms with Crippen LogP contribution < -0.4 is 5.32 Å². The van der Waals surface area contributed by atoms with Crippen molar-refractivity contribution in [2.24, 2.45) is 5.92 Å². The summed E-state index contributed by atoms with van der Waals surface area (Å²) in [5.74, 6) is -1.46. The van der Waals surface area contributed by atoms with Crippen LogP contribution in [0.4, 0.5) is 4.39 Å². The van der Waals surface area contributed by atoms with Gasteiger partial charge in [-0.15, -0.1) is 0 Å². The first-order valence-corrected chi connectivity index (χ1v) is 4.59. The van der Waals surface area contributed by atoms with Crippen LogP contribution in [0.5, 0.6) is 0 Å². The molecule has 1 aliphatic heterocycles. The van der Waals surface area contributed by atoms with Gasteiger partial charge in [0.05, 0.1) is 13.0 Å². The van der Waals surface area contributed by atoms with Crippen LogP contribution in [0.1, 0.15) is 13.3 Å². The van der Waals surface area contributed by atoms with Crippen molar-refractivity contribution in [3.05, 3.63) is 0 Å². The van der Waals surface area contributed by atoms with Crippen LogP contribution >= 0.6 is 0 Å². The van der Waals surface area contributed by atoms with Gasteiger partial charge in [-0.1, -0.05) is 0 Å². The summed E-state index contributed by atoms with van der Waals surface area (Å²) in [5.41, 5.74) is 0. The summed E-state index contributed by atoms with van der Waals surface area (Å²) in [6, 6.07) is 0. The molecule has 1 rings (SSSR count). The van der Waals surface area contributed by atoms with Crippen molar-refractivity contribution in [2.75, 3.05) is 20.2 Å². The van der Waals surface area contributed by atoms with Crippen molar-refractivity contribution in [3.63, 3.8) is 0 Å². The highest BCUT2D eigenvalue weighted by molar-refractivity contribution is 5.72. The molecule has 0 radical (unpaired) electrons. The Morgan fingerprint density at radius 3 is 2.40 bits per heavy atom. The lowest BCUT2D eigenvalue weighted by Gasteiger charge is -2.23. The molecule has 0 bridgehead atoms. The minimum atomic E-state index is -0.909. The van der Waals surface area contributed by atoms with Crippen molar-refractivity contribution >= 4 is 11.9 Å². The Hall–Kier alpha value is -1.17. The quantitative estimate of drug-likeness (QED) is 0.618. The molecule has 1 saturated heterocycles. The minimum absolute atomic E-state index is 0.291. The number of esters is 1. The first-order chi connectivity index (χ1) is 6.97. The second-order valence-electron chi connectivity index (χ2n) is 3.23. The van der Waals surface area contributed by atoms with Gasteiger partial charge >= 0.3 is 5.97 Å². The van der Waals surface area contributed by atoms with Crippen molar-refractivity contribution in [2.45, 2.75) is 19.5 Å². The highest BCUT2D eigenvalue weighted by atomic mass is 19.1. The summed E-state index contributed by atoms with van der Waals surface area (Å²) in [5, 5.41) is 10.2. The monoisotopic (exact) mass is 221 g/mol. The highest BCUT2D eigenvalue weighted by Crippen LogP contribution is 2.14. The Bertz CT molecular complexity index is 218. The number of halogens is 1. The summed E-state index contributed by atoms with van der Waals surface area (Å²) < 4.78 is 17.2. The van der Waals surface area contributed by atoms with Crippen molar-refractivity contribution < 1.29 is 23.8 Å². The third kappa shape index (κ3) is 6.84. The van der Waals surface area contributed by atoms with Gasteiger partial charge in [-0.25, -0.2) is 4.39 Å². The molecule has 6 heteroatoms. The van der Waals surface area contributed by atoms with Crippen LogP contribution in [-0.2, 0) is 14.3 Å². The first-order valence-electron chi connectivity index (χ1n) is 4.59. The standard InChI is InChI=1S/C7H12FNO2.C2H4O2/c1-11-7(10)5-2-6(8)4-9-3-5;1-2(3)4/h5-6,9H,2-4H2,1H3;1H3,(H,3,4). The molecule has 0 amide bonds. The maximum Gasteiger partial charge on any atom is 0.310 e. The smallest absolute Gasteiger partial charge is 0.310 e. The lowest BCUT2D eigenvalue weighted by Crippen LogP contribution is -2.41. The van der Waals surface area contributed by atoms with E-state index in [-0.39, 0.29) is 11.9 Å². The highest BCUT2D eigenvalue weighted by Gasteiger charge is 2.27. The van der Waals surface area contributed by atoms with E-state index < -0.39 is 12.1 Å². The molecule has 0 aliphatic carbocycles. The van der Waals surface area contributed by atoms with Crippen molar-refractivity contribution in [1.82, 2.24) is 5.32 Å². The number of methoxy groups -OCH3 is 1. The van der Waals surface area contributed by atoms with E-state index in [1.165, 1.54) is 7.11 Å². The number of alkyl halides is 1. The largest absolute Gasteiger partial charge is 0.481 e. The van der Waals surface area contributed by atoms with Gasteiger partial charge in [-0.05, 0) is 6.42 Å². The zero-order chi connectivity index (χ0) is 11.8. The predicted octanol–water partition coefficient (Wildman–Crippen LogP) is 0.198. The zero-order valence-electron chi connectivity index (χ0n) is 8.83. The molecule has 0 aromatic carbocycles. The molecule has 0 saturated carbocycles. The van der Waals surface area contributed by atoms with Gasteiger partial charge in [-0.3, -0.25) is 9.59 Å². The van der Waals surface area contributed by atoms with E-state index in [2.05, 4.69) is 10.1 Å². The third-order valence-electron chi connectivity index (χ3n) is 1.83. The van der Waals surface area contributed by atoms with Gasteiger partial charge < -0.3 is 15.2 Å². The summed E-state index contributed by atoms with van der Waals surface area (Å²) in [6.07, 6.45) is -0.618.